The molecule has 26 heavy (non-hydrogen) atoms. The molecule has 0 radical (unpaired) electrons. The van der Waals surface area contributed by atoms with Crippen LogP contribution in [0.15, 0.2) is 47.3 Å². The molecule has 1 fully saturated rings. The largest absolute Gasteiger partial charge is 0.507 e. The lowest BCUT2D eigenvalue weighted by molar-refractivity contribution is -0.142. The van der Waals surface area contributed by atoms with Crippen molar-refractivity contribution in [3.63, 3.8) is 0 Å². The lowest BCUT2D eigenvalue weighted by atomic mass is 9.49. The number of rotatable bonds is 4. The van der Waals surface area contributed by atoms with Gasteiger partial charge in [0.15, 0.2) is 0 Å². The van der Waals surface area contributed by atoms with Gasteiger partial charge < -0.3 is 10.2 Å². The number of carbonyl (C=O) groups excluding carboxylic acids is 2. The zero-order valence-corrected chi connectivity index (χ0v) is 15.2. The molecule has 0 aliphatic heterocycles. The lowest BCUT2D eigenvalue weighted by Gasteiger charge is -2.53. The zero-order valence-electron chi connectivity index (χ0n) is 15.2. The van der Waals surface area contributed by atoms with Crippen LogP contribution >= 0.6 is 0 Å². The van der Waals surface area contributed by atoms with Crippen LogP contribution in [-0.2, 0) is 14.4 Å². The minimum absolute atomic E-state index is 0.00584. The molecule has 3 rings (SSSR count). The van der Waals surface area contributed by atoms with Crippen LogP contribution in [0, 0.1) is 16.7 Å². The fourth-order valence-corrected chi connectivity index (χ4v) is 5.23. The molecule has 5 nitrogen and oxygen atoms in total. The number of hydrogen-bond acceptors (Lipinski definition) is 4. The maximum absolute atomic E-state index is 12.9. The maximum Gasteiger partial charge on any atom is 0.303 e. The molecule has 5 heteroatoms. The number of carboxylic acid groups (broad SMARTS) is 1. The number of aliphatic hydroxyl groups is 1. The van der Waals surface area contributed by atoms with Gasteiger partial charge in [0, 0.05) is 22.1 Å². The number of carboxylic acids is 1. The topological polar surface area (TPSA) is 91.7 Å². The molecule has 3 aliphatic carbocycles. The molecular weight excluding hydrogens is 332 g/mol. The first-order chi connectivity index (χ1) is 12.2. The molecule has 138 valence electrons. The summed E-state index contributed by atoms with van der Waals surface area (Å²) in [6.07, 6.45) is 7.44. The number of Topliss-reactive ketones (excluding diaryl/α,β-unsaturated/α-hetero) is 2. The highest BCUT2D eigenvalue weighted by Crippen LogP contribution is 2.60. The minimum atomic E-state index is -0.869. The highest BCUT2D eigenvalue weighted by molar-refractivity contribution is 6.50. The van der Waals surface area contributed by atoms with Gasteiger partial charge in [-0.3, -0.25) is 14.4 Å². The molecule has 0 bridgehead atoms. The Morgan fingerprint density at radius 1 is 1.31 bits per heavy atom. The van der Waals surface area contributed by atoms with Gasteiger partial charge in [-0.15, -0.1) is 6.58 Å². The number of allylic oxidation sites excluding steroid dienone is 5. The molecule has 0 heterocycles. The highest BCUT2D eigenvalue weighted by Gasteiger charge is 2.55. The Morgan fingerprint density at radius 3 is 2.62 bits per heavy atom. The quantitative estimate of drug-likeness (QED) is 0.455. The first-order valence-corrected chi connectivity index (χ1v) is 8.93. The maximum atomic E-state index is 12.9. The molecule has 0 aromatic carbocycles. The molecule has 3 atom stereocenters. The van der Waals surface area contributed by atoms with E-state index >= 15 is 0 Å². The molecule has 3 unspecified atom stereocenters. The van der Waals surface area contributed by atoms with E-state index in [4.69, 9.17) is 0 Å². The van der Waals surface area contributed by atoms with Crippen LogP contribution < -0.4 is 0 Å². The summed E-state index contributed by atoms with van der Waals surface area (Å²) in [6.45, 7) is 7.44. The summed E-state index contributed by atoms with van der Waals surface area (Å²) in [6, 6.07) is 0. The van der Waals surface area contributed by atoms with Gasteiger partial charge in [-0.05, 0) is 30.6 Å². The van der Waals surface area contributed by atoms with Crippen LogP contribution in [0.25, 0.3) is 0 Å². The van der Waals surface area contributed by atoms with Gasteiger partial charge in [-0.2, -0.15) is 0 Å². The highest BCUT2D eigenvalue weighted by atomic mass is 16.4. The van der Waals surface area contributed by atoms with E-state index in [2.05, 4.69) is 6.58 Å². The number of ketones is 2. The average molecular weight is 356 g/mol. The summed E-state index contributed by atoms with van der Waals surface area (Å²) in [7, 11) is 0. The van der Waals surface area contributed by atoms with E-state index in [1.165, 1.54) is 6.08 Å². The summed E-state index contributed by atoms with van der Waals surface area (Å²) < 4.78 is 0. The van der Waals surface area contributed by atoms with Crippen molar-refractivity contribution < 1.29 is 24.6 Å². The molecule has 0 aromatic heterocycles. The van der Waals surface area contributed by atoms with Gasteiger partial charge in [-0.25, -0.2) is 0 Å². The number of aliphatic carboxylic acids is 1. The average Bonchev–Trinajstić information content (AvgIpc) is 2.54. The Bertz CT molecular complexity index is 812. The molecule has 0 saturated heterocycles. The standard InChI is InChI=1S/C21H24O5/c1-4-6-13-17(24)12-7-8-14-20(2,11-15(22)23)9-5-10-21(14,3)16(12)19(26)18(13)25/h4,7-8,14,24H,1,5-6,9-11H2,2-3H3,(H,22,23). The molecular formula is C21H24O5. The molecule has 0 aromatic rings. The Balaban J connectivity index is 2.16. The van der Waals surface area contributed by atoms with E-state index in [9.17, 15) is 24.6 Å². The SMILES string of the molecule is C=CCC1=C(O)C2=C(C(=O)C1=O)C1(C)CCCC(C)(CC(=O)O)C1C=C2. The van der Waals surface area contributed by atoms with E-state index in [0.717, 1.165) is 12.8 Å². The number of hydrogen-bond donors (Lipinski definition) is 2. The summed E-state index contributed by atoms with van der Waals surface area (Å²) in [4.78, 5) is 36.9. The molecule has 0 amide bonds. The summed E-state index contributed by atoms with van der Waals surface area (Å²) in [5, 5.41) is 20.0. The van der Waals surface area contributed by atoms with Crippen molar-refractivity contribution in [2.75, 3.05) is 0 Å². The Labute approximate surface area is 152 Å². The normalized spacial score (nSPS) is 33.8. The van der Waals surface area contributed by atoms with Crippen molar-refractivity contribution in [2.45, 2.75) is 46.0 Å². The monoisotopic (exact) mass is 356 g/mol. The van der Waals surface area contributed by atoms with E-state index in [0.29, 0.717) is 17.6 Å². The fourth-order valence-electron chi connectivity index (χ4n) is 5.23. The van der Waals surface area contributed by atoms with Crippen LogP contribution in [0.5, 0.6) is 0 Å². The molecule has 1 saturated carbocycles. The first kappa shape index (κ1) is 18.4. The molecule has 0 spiro atoms. The van der Waals surface area contributed by atoms with Crippen LogP contribution in [0.3, 0.4) is 0 Å². The van der Waals surface area contributed by atoms with Gasteiger partial charge in [-0.1, -0.05) is 38.5 Å². The zero-order chi connectivity index (χ0) is 19.3. The number of fused-ring (bicyclic) bond motifs is 2. The third-order valence-electron chi connectivity index (χ3n) is 6.33. The second kappa shape index (κ2) is 6.08. The third-order valence-corrected chi connectivity index (χ3v) is 6.33. The second-order valence-electron chi connectivity index (χ2n) is 8.10. The van der Waals surface area contributed by atoms with Crippen molar-refractivity contribution in [3.8, 4) is 0 Å². The van der Waals surface area contributed by atoms with Crippen LogP contribution in [0.4, 0.5) is 0 Å². The molecule has 3 aliphatic rings. The van der Waals surface area contributed by atoms with Crippen molar-refractivity contribution in [3.05, 3.63) is 47.3 Å². The van der Waals surface area contributed by atoms with Crippen LogP contribution in [0.2, 0.25) is 0 Å². The smallest absolute Gasteiger partial charge is 0.303 e. The summed E-state index contributed by atoms with van der Waals surface area (Å²) in [5.74, 6) is -2.45. The predicted octanol–water partition coefficient (Wildman–Crippen LogP) is 3.68. The predicted molar refractivity (Wildman–Crippen MR) is 96.5 cm³/mol. The van der Waals surface area contributed by atoms with Gasteiger partial charge in [0.1, 0.15) is 5.76 Å². The Kier molecular flexibility index (Phi) is 4.29. The number of aliphatic hydroxyl groups excluding tert-OH is 1. The Hall–Kier alpha value is -2.43. The van der Waals surface area contributed by atoms with E-state index in [1.807, 2.05) is 19.9 Å². The van der Waals surface area contributed by atoms with E-state index in [-0.39, 0.29) is 30.1 Å². The summed E-state index contributed by atoms with van der Waals surface area (Å²) >= 11 is 0. The van der Waals surface area contributed by atoms with Crippen LogP contribution in [-0.4, -0.2) is 27.7 Å². The minimum Gasteiger partial charge on any atom is -0.507 e. The molecule has 2 N–H and O–H groups in total. The van der Waals surface area contributed by atoms with Gasteiger partial charge in [0.2, 0.25) is 11.6 Å². The summed E-state index contributed by atoms with van der Waals surface area (Å²) in [5.41, 5.74) is -0.328. The fraction of sp³-hybridized carbons (Fsp3) is 0.476. The van der Waals surface area contributed by atoms with E-state index < -0.39 is 28.4 Å². The third kappa shape index (κ3) is 2.49. The van der Waals surface area contributed by atoms with E-state index in [1.54, 1.807) is 6.08 Å². The van der Waals surface area contributed by atoms with Crippen molar-refractivity contribution in [2.24, 2.45) is 16.7 Å². The van der Waals surface area contributed by atoms with Crippen molar-refractivity contribution in [1.29, 1.82) is 0 Å². The lowest BCUT2D eigenvalue weighted by Crippen LogP contribution is -2.49. The number of carbonyl (C=O) groups is 3. The second-order valence-corrected chi connectivity index (χ2v) is 8.10. The van der Waals surface area contributed by atoms with Gasteiger partial charge in [0.05, 0.1) is 6.42 Å². The van der Waals surface area contributed by atoms with Crippen molar-refractivity contribution >= 4 is 17.5 Å². The van der Waals surface area contributed by atoms with Crippen molar-refractivity contribution in [1.82, 2.24) is 0 Å². The van der Waals surface area contributed by atoms with Crippen LogP contribution in [0.1, 0.15) is 46.0 Å². The van der Waals surface area contributed by atoms with Gasteiger partial charge >= 0.3 is 5.97 Å². The first-order valence-electron chi connectivity index (χ1n) is 8.93. The Morgan fingerprint density at radius 2 is 2.00 bits per heavy atom. The van der Waals surface area contributed by atoms with Gasteiger partial charge in [0.25, 0.3) is 0 Å².